The van der Waals surface area contributed by atoms with Gasteiger partial charge in [-0.2, -0.15) is 0 Å². The molecular formula is C19H18N4O. The van der Waals surface area contributed by atoms with E-state index >= 15 is 0 Å². The summed E-state index contributed by atoms with van der Waals surface area (Å²) in [6.07, 6.45) is 1.41. The quantitative estimate of drug-likeness (QED) is 0.783. The summed E-state index contributed by atoms with van der Waals surface area (Å²) in [5, 5.41) is 2.83. The Morgan fingerprint density at radius 3 is 2.38 bits per heavy atom. The summed E-state index contributed by atoms with van der Waals surface area (Å²) in [6.45, 7) is 0.706. The van der Waals surface area contributed by atoms with Gasteiger partial charge in [-0.15, -0.1) is 0 Å². The first-order chi connectivity index (χ1) is 11.7. The predicted molar refractivity (Wildman–Crippen MR) is 95.0 cm³/mol. The average molecular weight is 318 g/mol. The van der Waals surface area contributed by atoms with E-state index < -0.39 is 0 Å². The summed E-state index contributed by atoms with van der Waals surface area (Å²) in [5.41, 5.74) is 2.25. The van der Waals surface area contributed by atoms with Crippen molar-refractivity contribution in [2.75, 3.05) is 17.3 Å². The SMILES string of the molecule is CN(Cc1ccccc1)c1cc(C(=O)Nc2ccccc2)ncn1. The number of rotatable bonds is 5. The first-order valence-electron chi connectivity index (χ1n) is 7.66. The second-order valence-corrected chi connectivity index (χ2v) is 5.42. The third-order valence-electron chi connectivity index (χ3n) is 3.57. The lowest BCUT2D eigenvalue weighted by atomic mass is 10.2. The van der Waals surface area contributed by atoms with E-state index in [1.165, 1.54) is 11.9 Å². The Labute approximate surface area is 141 Å². The first kappa shape index (κ1) is 15.7. The van der Waals surface area contributed by atoms with Crippen molar-refractivity contribution in [2.24, 2.45) is 0 Å². The van der Waals surface area contributed by atoms with Crippen LogP contribution in [0.1, 0.15) is 16.1 Å². The van der Waals surface area contributed by atoms with Crippen LogP contribution in [-0.4, -0.2) is 22.9 Å². The molecule has 0 aliphatic heterocycles. The van der Waals surface area contributed by atoms with E-state index in [4.69, 9.17) is 0 Å². The van der Waals surface area contributed by atoms with Crippen molar-refractivity contribution in [1.29, 1.82) is 0 Å². The number of aromatic nitrogens is 2. The molecule has 1 heterocycles. The van der Waals surface area contributed by atoms with Crippen molar-refractivity contribution in [3.63, 3.8) is 0 Å². The Balaban J connectivity index is 1.72. The first-order valence-corrected chi connectivity index (χ1v) is 7.66. The van der Waals surface area contributed by atoms with Gasteiger partial charge < -0.3 is 10.2 Å². The third kappa shape index (κ3) is 3.95. The van der Waals surface area contributed by atoms with Gasteiger partial charge in [-0.3, -0.25) is 4.79 Å². The maximum atomic E-state index is 12.3. The molecule has 0 spiro atoms. The Bertz CT molecular complexity index is 806. The molecule has 0 aliphatic carbocycles. The highest BCUT2D eigenvalue weighted by Crippen LogP contribution is 2.14. The summed E-state index contributed by atoms with van der Waals surface area (Å²) in [7, 11) is 1.94. The van der Waals surface area contributed by atoms with Crippen LogP contribution in [0.5, 0.6) is 0 Å². The van der Waals surface area contributed by atoms with Gasteiger partial charge in [0.15, 0.2) is 0 Å². The van der Waals surface area contributed by atoms with Crippen LogP contribution < -0.4 is 10.2 Å². The number of benzene rings is 2. The topological polar surface area (TPSA) is 58.1 Å². The fraction of sp³-hybridized carbons (Fsp3) is 0.105. The van der Waals surface area contributed by atoms with Crippen LogP contribution in [0, 0.1) is 0 Å². The Hall–Kier alpha value is -3.21. The zero-order valence-electron chi connectivity index (χ0n) is 13.4. The van der Waals surface area contributed by atoms with Gasteiger partial charge in [-0.05, 0) is 17.7 Å². The summed E-state index contributed by atoms with van der Waals surface area (Å²) in [4.78, 5) is 22.6. The molecule has 0 aliphatic rings. The Kier molecular flexibility index (Phi) is 4.81. The standard InChI is InChI=1S/C19H18N4O/c1-23(13-15-8-4-2-5-9-15)18-12-17(20-14-21-18)19(24)22-16-10-6-3-7-11-16/h2-12,14H,13H2,1H3,(H,22,24). The molecule has 2 aromatic carbocycles. The van der Waals surface area contributed by atoms with Crippen molar-refractivity contribution in [3.8, 4) is 0 Å². The van der Waals surface area contributed by atoms with Gasteiger partial charge in [0, 0.05) is 25.3 Å². The number of carbonyl (C=O) groups is 1. The summed E-state index contributed by atoms with van der Waals surface area (Å²) >= 11 is 0. The molecule has 24 heavy (non-hydrogen) atoms. The van der Waals surface area contributed by atoms with E-state index in [0.29, 0.717) is 18.1 Å². The molecule has 0 saturated heterocycles. The highest BCUT2D eigenvalue weighted by molar-refractivity contribution is 6.03. The Morgan fingerprint density at radius 2 is 1.67 bits per heavy atom. The smallest absolute Gasteiger partial charge is 0.274 e. The third-order valence-corrected chi connectivity index (χ3v) is 3.57. The largest absolute Gasteiger partial charge is 0.355 e. The van der Waals surface area contributed by atoms with Crippen LogP contribution in [0.2, 0.25) is 0 Å². The summed E-state index contributed by atoms with van der Waals surface area (Å²) in [6, 6.07) is 21.1. The molecule has 1 N–H and O–H groups in total. The van der Waals surface area contributed by atoms with Gasteiger partial charge >= 0.3 is 0 Å². The lowest BCUT2D eigenvalue weighted by Crippen LogP contribution is -2.20. The monoisotopic (exact) mass is 318 g/mol. The van der Waals surface area contributed by atoms with E-state index in [1.807, 2.05) is 60.5 Å². The molecule has 0 bridgehead atoms. The summed E-state index contributed by atoms with van der Waals surface area (Å²) in [5.74, 6) is 0.449. The molecule has 5 heteroatoms. The lowest BCUT2D eigenvalue weighted by molar-refractivity contribution is 0.102. The average Bonchev–Trinajstić information content (AvgIpc) is 2.63. The minimum absolute atomic E-state index is 0.252. The molecule has 3 aromatic rings. The van der Waals surface area contributed by atoms with Crippen molar-refractivity contribution in [3.05, 3.63) is 84.3 Å². The van der Waals surface area contributed by atoms with Crippen molar-refractivity contribution >= 4 is 17.4 Å². The Morgan fingerprint density at radius 1 is 1.00 bits per heavy atom. The van der Waals surface area contributed by atoms with Crippen molar-refractivity contribution in [1.82, 2.24) is 9.97 Å². The summed E-state index contributed by atoms with van der Waals surface area (Å²) < 4.78 is 0. The minimum Gasteiger partial charge on any atom is -0.355 e. The molecule has 0 unspecified atom stereocenters. The van der Waals surface area contributed by atoms with Gasteiger partial charge in [0.05, 0.1) is 0 Å². The van der Waals surface area contributed by atoms with E-state index in [1.54, 1.807) is 6.07 Å². The number of anilines is 2. The molecule has 1 aromatic heterocycles. The van der Waals surface area contributed by atoms with Crippen LogP contribution in [0.15, 0.2) is 73.1 Å². The lowest BCUT2D eigenvalue weighted by Gasteiger charge is -2.18. The van der Waals surface area contributed by atoms with E-state index in [2.05, 4.69) is 27.4 Å². The van der Waals surface area contributed by atoms with Crippen LogP contribution in [0.3, 0.4) is 0 Å². The molecule has 0 radical (unpaired) electrons. The molecule has 1 amide bonds. The maximum Gasteiger partial charge on any atom is 0.274 e. The number of nitrogens with zero attached hydrogens (tertiary/aromatic N) is 3. The molecule has 5 nitrogen and oxygen atoms in total. The van der Waals surface area contributed by atoms with Gasteiger partial charge in [0.1, 0.15) is 17.8 Å². The molecule has 3 rings (SSSR count). The van der Waals surface area contributed by atoms with Gasteiger partial charge in [0.2, 0.25) is 0 Å². The number of hydrogen-bond donors (Lipinski definition) is 1. The highest BCUT2D eigenvalue weighted by Gasteiger charge is 2.11. The van der Waals surface area contributed by atoms with Crippen LogP contribution in [-0.2, 0) is 6.54 Å². The maximum absolute atomic E-state index is 12.3. The second kappa shape index (κ2) is 7.37. The fourth-order valence-electron chi connectivity index (χ4n) is 2.33. The number of hydrogen-bond acceptors (Lipinski definition) is 4. The second-order valence-electron chi connectivity index (χ2n) is 5.42. The van der Waals surface area contributed by atoms with Crippen LogP contribution >= 0.6 is 0 Å². The van der Waals surface area contributed by atoms with Crippen molar-refractivity contribution in [2.45, 2.75) is 6.54 Å². The van der Waals surface area contributed by atoms with Crippen LogP contribution in [0.25, 0.3) is 0 Å². The number of nitrogens with one attached hydrogen (secondary N) is 1. The number of carbonyl (C=O) groups excluding carboxylic acids is 1. The molecule has 120 valence electrons. The fourth-order valence-corrected chi connectivity index (χ4v) is 2.33. The van der Waals surface area contributed by atoms with E-state index in [9.17, 15) is 4.79 Å². The number of para-hydroxylation sites is 1. The normalized spacial score (nSPS) is 10.2. The zero-order chi connectivity index (χ0) is 16.8. The highest BCUT2D eigenvalue weighted by atomic mass is 16.1. The molecule has 0 saturated carbocycles. The predicted octanol–water partition coefficient (Wildman–Crippen LogP) is 3.37. The van der Waals surface area contributed by atoms with Gasteiger partial charge in [-0.1, -0.05) is 48.5 Å². The van der Waals surface area contributed by atoms with Gasteiger partial charge in [-0.25, -0.2) is 9.97 Å². The van der Waals surface area contributed by atoms with Gasteiger partial charge in [0.25, 0.3) is 5.91 Å². The number of amides is 1. The minimum atomic E-state index is -0.252. The van der Waals surface area contributed by atoms with E-state index in [-0.39, 0.29) is 5.91 Å². The van der Waals surface area contributed by atoms with Crippen molar-refractivity contribution < 1.29 is 4.79 Å². The molecular weight excluding hydrogens is 300 g/mol. The molecule has 0 fully saturated rings. The van der Waals surface area contributed by atoms with Crippen LogP contribution in [0.4, 0.5) is 11.5 Å². The van der Waals surface area contributed by atoms with E-state index in [0.717, 1.165) is 5.69 Å². The molecule has 0 atom stereocenters. The zero-order valence-corrected chi connectivity index (χ0v) is 13.4.